The van der Waals surface area contributed by atoms with Crippen LogP contribution >= 0.6 is 0 Å². The summed E-state index contributed by atoms with van der Waals surface area (Å²) in [5, 5.41) is 9.09. The Morgan fingerprint density at radius 3 is 2.68 bits per heavy atom. The Bertz CT molecular complexity index is 562. The number of ether oxygens (including phenoxy) is 1. The van der Waals surface area contributed by atoms with E-state index in [9.17, 15) is 9.59 Å². The molecule has 22 heavy (non-hydrogen) atoms. The second-order valence-electron chi connectivity index (χ2n) is 6.70. The average Bonchev–Trinajstić information content (AvgIpc) is 2.46. The average molecular weight is 305 g/mol. The molecule has 0 saturated carbocycles. The van der Waals surface area contributed by atoms with Gasteiger partial charge < -0.3 is 14.7 Å². The summed E-state index contributed by atoms with van der Waals surface area (Å²) in [5.74, 6) is -0.776. The molecular formula is C17H23NO4. The van der Waals surface area contributed by atoms with E-state index < -0.39 is 11.6 Å². The molecule has 0 spiro atoms. The van der Waals surface area contributed by atoms with Crippen molar-refractivity contribution < 1.29 is 19.4 Å². The van der Waals surface area contributed by atoms with Crippen LogP contribution in [-0.4, -0.2) is 40.8 Å². The molecule has 1 heterocycles. The van der Waals surface area contributed by atoms with Gasteiger partial charge in [-0.1, -0.05) is 12.1 Å². The Morgan fingerprint density at radius 2 is 2.05 bits per heavy atom. The van der Waals surface area contributed by atoms with Gasteiger partial charge >= 0.3 is 12.1 Å². The molecule has 2 rings (SSSR count). The lowest BCUT2D eigenvalue weighted by molar-refractivity contribution is 0.0198. The van der Waals surface area contributed by atoms with Gasteiger partial charge in [0.15, 0.2) is 0 Å². The lowest BCUT2D eigenvalue weighted by atomic mass is 9.90. The first-order chi connectivity index (χ1) is 10.3. The smallest absolute Gasteiger partial charge is 0.410 e. The number of benzene rings is 1. The highest BCUT2D eigenvalue weighted by molar-refractivity contribution is 5.87. The SMILES string of the molecule is CC(C)(C)OC(=O)N1CCC[C@@H](c2cccc(C(=O)O)c2)C1. The minimum atomic E-state index is -0.929. The van der Waals surface area contributed by atoms with Crippen LogP contribution in [0.3, 0.4) is 0 Å². The summed E-state index contributed by atoms with van der Waals surface area (Å²) >= 11 is 0. The van der Waals surface area contributed by atoms with Crippen LogP contribution in [0.25, 0.3) is 0 Å². The number of nitrogens with zero attached hydrogens (tertiary/aromatic N) is 1. The van der Waals surface area contributed by atoms with Crippen molar-refractivity contribution in [2.24, 2.45) is 0 Å². The summed E-state index contributed by atoms with van der Waals surface area (Å²) in [4.78, 5) is 25.0. The second kappa shape index (κ2) is 6.38. The number of carboxylic acids is 1. The van der Waals surface area contributed by atoms with E-state index >= 15 is 0 Å². The third kappa shape index (κ3) is 4.23. The van der Waals surface area contributed by atoms with Crippen molar-refractivity contribution in [1.29, 1.82) is 0 Å². The summed E-state index contributed by atoms with van der Waals surface area (Å²) in [6.07, 6.45) is 1.54. The number of carbonyl (C=O) groups excluding carboxylic acids is 1. The number of piperidine rings is 1. The molecule has 5 heteroatoms. The van der Waals surface area contributed by atoms with E-state index in [1.165, 1.54) is 0 Å². The highest BCUT2D eigenvalue weighted by Gasteiger charge is 2.28. The van der Waals surface area contributed by atoms with E-state index in [1.807, 2.05) is 26.8 Å². The molecule has 0 unspecified atom stereocenters. The van der Waals surface area contributed by atoms with Crippen LogP contribution < -0.4 is 0 Å². The molecule has 1 N–H and O–H groups in total. The summed E-state index contributed by atoms with van der Waals surface area (Å²) in [6, 6.07) is 6.97. The zero-order chi connectivity index (χ0) is 16.3. The van der Waals surface area contributed by atoms with Crippen molar-refractivity contribution in [2.75, 3.05) is 13.1 Å². The van der Waals surface area contributed by atoms with Gasteiger partial charge in [-0.05, 0) is 51.3 Å². The number of amides is 1. The van der Waals surface area contributed by atoms with E-state index in [2.05, 4.69) is 0 Å². The normalized spacial score (nSPS) is 18.9. The van der Waals surface area contributed by atoms with Crippen molar-refractivity contribution in [1.82, 2.24) is 4.90 Å². The maximum atomic E-state index is 12.2. The first kappa shape index (κ1) is 16.3. The lowest BCUT2D eigenvalue weighted by Gasteiger charge is -2.34. The molecular weight excluding hydrogens is 282 g/mol. The minimum Gasteiger partial charge on any atom is -0.478 e. The van der Waals surface area contributed by atoms with Gasteiger partial charge in [-0.3, -0.25) is 0 Å². The first-order valence-electron chi connectivity index (χ1n) is 7.57. The maximum Gasteiger partial charge on any atom is 0.410 e. The van der Waals surface area contributed by atoms with Gasteiger partial charge in [0.25, 0.3) is 0 Å². The molecule has 0 aromatic heterocycles. The van der Waals surface area contributed by atoms with E-state index in [1.54, 1.807) is 23.1 Å². The molecule has 1 fully saturated rings. The van der Waals surface area contributed by atoms with Gasteiger partial charge in [0, 0.05) is 19.0 Å². The van der Waals surface area contributed by atoms with Crippen molar-refractivity contribution in [3.8, 4) is 0 Å². The standard InChI is InChI=1S/C17H23NO4/c1-17(2,3)22-16(21)18-9-5-8-14(11-18)12-6-4-7-13(10-12)15(19)20/h4,6-7,10,14H,5,8-9,11H2,1-3H3,(H,19,20)/t14-/m1/s1. The molecule has 1 aliphatic rings. The second-order valence-corrected chi connectivity index (χ2v) is 6.70. The van der Waals surface area contributed by atoms with E-state index in [-0.39, 0.29) is 17.6 Å². The number of carbonyl (C=O) groups is 2. The van der Waals surface area contributed by atoms with Crippen molar-refractivity contribution in [2.45, 2.75) is 45.1 Å². The van der Waals surface area contributed by atoms with Gasteiger partial charge in [-0.15, -0.1) is 0 Å². The number of carboxylic acid groups (broad SMARTS) is 1. The van der Waals surface area contributed by atoms with Crippen molar-refractivity contribution in [3.63, 3.8) is 0 Å². The van der Waals surface area contributed by atoms with Crippen LogP contribution in [0.1, 0.15) is 55.5 Å². The lowest BCUT2D eigenvalue weighted by Crippen LogP contribution is -2.42. The Hall–Kier alpha value is -2.04. The minimum absolute atomic E-state index is 0.153. The highest BCUT2D eigenvalue weighted by Crippen LogP contribution is 2.28. The molecule has 1 aliphatic heterocycles. The fraction of sp³-hybridized carbons (Fsp3) is 0.529. The fourth-order valence-electron chi connectivity index (χ4n) is 2.67. The molecule has 0 radical (unpaired) electrons. The van der Waals surface area contributed by atoms with Gasteiger partial charge in [-0.25, -0.2) is 9.59 Å². The topological polar surface area (TPSA) is 66.8 Å². The Kier molecular flexibility index (Phi) is 4.74. The number of rotatable bonds is 2. The number of likely N-dealkylation sites (tertiary alicyclic amines) is 1. The molecule has 1 atom stereocenters. The van der Waals surface area contributed by atoms with Gasteiger partial charge in [0.2, 0.25) is 0 Å². The summed E-state index contributed by atoms with van der Waals surface area (Å²) < 4.78 is 5.42. The van der Waals surface area contributed by atoms with E-state index in [0.29, 0.717) is 13.1 Å². The third-order valence-corrected chi connectivity index (χ3v) is 3.68. The monoisotopic (exact) mass is 305 g/mol. The largest absolute Gasteiger partial charge is 0.478 e. The van der Waals surface area contributed by atoms with Crippen LogP contribution in [0, 0.1) is 0 Å². The van der Waals surface area contributed by atoms with Gasteiger partial charge in [0.05, 0.1) is 5.56 Å². The zero-order valence-electron chi connectivity index (χ0n) is 13.3. The predicted octanol–water partition coefficient (Wildman–Crippen LogP) is 3.50. The molecule has 0 bridgehead atoms. The molecule has 5 nitrogen and oxygen atoms in total. The van der Waals surface area contributed by atoms with Crippen LogP contribution in [-0.2, 0) is 4.74 Å². The van der Waals surface area contributed by atoms with Gasteiger partial charge in [0.1, 0.15) is 5.60 Å². The van der Waals surface area contributed by atoms with Crippen molar-refractivity contribution in [3.05, 3.63) is 35.4 Å². The molecule has 0 aliphatic carbocycles. The van der Waals surface area contributed by atoms with E-state index in [0.717, 1.165) is 18.4 Å². The number of hydrogen-bond donors (Lipinski definition) is 1. The number of hydrogen-bond acceptors (Lipinski definition) is 3. The summed E-state index contributed by atoms with van der Waals surface area (Å²) in [6.45, 7) is 6.80. The van der Waals surface area contributed by atoms with Gasteiger partial charge in [-0.2, -0.15) is 0 Å². The van der Waals surface area contributed by atoms with E-state index in [4.69, 9.17) is 9.84 Å². The maximum absolute atomic E-state index is 12.2. The summed E-state index contributed by atoms with van der Waals surface area (Å²) in [5.41, 5.74) is 0.743. The third-order valence-electron chi connectivity index (χ3n) is 3.68. The zero-order valence-corrected chi connectivity index (χ0v) is 13.3. The molecule has 1 saturated heterocycles. The molecule has 1 aromatic carbocycles. The van der Waals surface area contributed by atoms with Crippen LogP contribution in [0.4, 0.5) is 4.79 Å². The molecule has 120 valence electrons. The Morgan fingerprint density at radius 1 is 1.32 bits per heavy atom. The van der Waals surface area contributed by atoms with Crippen LogP contribution in [0.15, 0.2) is 24.3 Å². The molecule has 1 amide bonds. The van der Waals surface area contributed by atoms with Crippen LogP contribution in [0.2, 0.25) is 0 Å². The Balaban J connectivity index is 2.09. The van der Waals surface area contributed by atoms with Crippen molar-refractivity contribution >= 4 is 12.1 Å². The quantitative estimate of drug-likeness (QED) is 0.908. The molecule has 1 aromatic rings. The highest BCUT2D eigenvalue weighted by atomic mass is 16.6. The summed E-state index contributed by atoms with van der Waals surface area (Å²) in [7, 11) is 0. The predicted molar refractivity (Wildman–Crippen MR) is 83.2 cm³/mol. The fourth-order valence-corrected chi connectivity index (χ4v) is 2.67. The Labute approximate surface area is 130 Å². The number of aromatic carboxylic acids is 1. The van der Waals surface area contributed by atoms with Crippen LogP contribution in [0.5, 0.6) is 0 Å². The first-order valence-corrected chi connectivity index (χ1v) is 7.57.